The van der Waals surface area contributed by atoms with Gasteiger partial charge in [0.1, 0.15) is 0 Å². The maximum atomic E-state index is 13.1. The van der Waals surface area contributed by atoms with Gasteiger partial charge in [-0.2, -0.15) is 0 Å². The van der Waals surface area contributed by atoms with Crippen molar-refractivity contribution >= 4 is 21.4 Å². The third-order valence-electron chi connectivity index (χ3n) is 3.41. The summed E-state index contributed by atoms with van der Waals surface area (Å²) in [6.45, 7) is 2.75. The topological polar surface area (TPSA) is 101 Å². The van der Waals surface area contributed by atoms with Crippen molar-refractivity contribution in [3.8, 4) is 0 Å². The van der Waals surface area contributed by atoms with E-state index in [-0.39, 0.29) is 17.0 Å². The number of sulfonamides is 1. The normalized spacial score (nSPS) is 12.6. The molecule has 0 fully saturated rings. The van der Waals surface area contributed by atoms with E-state index >= 15 is 0 Å². The van der Waals surface area contributed by atoms with Crippen LogP contribution < -0.4 is 4.31 Å². The number of nitrogens with zero attached hydrogens (tertiary/aromatic N) is 2. The summed E-state index contributed by atoms with van der Waals surface area (Å²) in [7, 11) is -4.22. The quantitative estimate of drug-likeness (QED) is 0.637. The Balaban J connectivity index is 2.68. The molecule has 0 heterocycles. The molecule has 0 amide bonds. The van der Waals surface area contributed by atoms with Crippen LogP contribution in [0, 0.1) is 17.0 Å². The van der Waals surface area contributed by atoms with Gasteiger partial charge in [0.05, 0.1) is 23.3 Å². The lowest BCUT2D eigenvalue weighted by Gasteiger charge is -2.26. The average molecular weight is 350 g/mol. The molecule has 1 N–H and O–H groups in total. The molecule has 0 spiro atoms. The predicted octanol–water partition coefficient (Wildman–Crippen LogP) is 2.48. The molecular formula is C16H18N2O5S. The molecule has 8 heteroatoms. The highest BCUT2D eigenvalue weighted by Gasteiger charge is 2.34. The number of hydrogen-bond acceptors (Lipinski definition) is 5. The standard InChI is InChI=1S/C16H18N2O5S/c1-12-7-6-10-15(18(20)21)16(12)24(22,23)17(11-13(2)19)14-8-4-3-5-9-14/h3-10,13,19H,11H2,1-2H3. The van der Waals surface area contributed by atoms with Crippen LogP contribution in [-0.4, -0.2) is 31.1 Å². The lowest BCUT2D eigenvalue weighted by atomic mass is 10.2. The number of aryl methyl sites for hydroxylation is 1. The molecule has 24 heavy (non-hydrogen) atoms. The zero-order valence-electron chi connectivity index (χ0n) is 13.3. The SMILES string of the molecule is Cc1cccc([N+](=O)[O-])c1S(=O)(=O)N(CC(C)O)c1ccccc1. The fraction of sp³-hybridized carbons (Fsp3) is 0.250. The third kappa shape index (κ3) is 3.55. The third-order valence-corrected chi connectivity index (χ3v) is 5.40. The van der Waals surface area contributed by atoms with Gasteiger partial charge < -0.3 is 5.11 Å². The molecule has 0 saturated carbocycles. The van der Waals surface area contributed by atoms with Gasteiger partial charge in [-0.25, -0.2) is 8.42 Å². The Hall–Kier alpha value is -2.45. The van der Waals surface area contributed by atoms with Gasteiger partial charge in [0.2, 0.25) is 0 Å². The Kier molecular flexibility index (Phi) is 5.20. The molecule has 128 valence electrons. The molecule has 0 bridgehead atoms. The highest BCUT2D eigenvalue weighted by molar-refractivity contribution is 7.93. The van der Waals surface area contributed by atoms with Gasteiger partial charge in [0, 0.05) is 6.07 Å². The van der Waals surface area contributed by atoms with Crippen molar-refractivity contribution in [2.24, 2.45) is 0 Å². The van der Waals surface area contributed by atoms with E-state index in [2.05, 4.69) is 0 Å². The van der Waals surface area contributed by atoms with Crippen molar-refractivity contribution < 1.29 is 18.4 Å². The molecule has 7 nitrogen and oxygen atoms in total. The fourth-order valence-corrected chi connectivity index (χ4v) is 4.32. The molecule has 0 aliphatic heterocycles. The van der Waals surface area contributed by atoms with Gasteiger partial charge >= 0.3 is 0 Å². The molecule has 1 unspecified atom stereocenters. The van der Waals surface area contributed by atoms with E-state index in [4.69, 9.17) is 0 Å². The monoisotopic (exact) mass is 350 g/mol. The second kappa shape index (κ2) is 6.98. The maximum absolute atomic E-state index is 13.1. The first kappa shape index (κ1) is 17.9. The zero-order valence-corrected chi connectivity index (χ0v) is 14.1. The highest BCUT2D eigenvalue weighted by atomic mass is 32.2. The smallest absolute Gasteiger partial charge is 0.290 e. The Labute approximate surface area is 140 Å². The summed E-state index contributed by atoms with van der Waals surface area (Å²) in [4.78, 5) is 10.2. The summed E-state index contributed by atoms with van der Waals surface area (Å²) in [6.07, 6.45) is -0.942. The molecule has 2 aromatic carbocycles. The van der Waals surface area contributed by atoms with E-state index in [0.29, 0.717) is 5.69 Å². The summed E-state index contributed by atoms with van der Waals surface area (Å²) < 4.78 is 27.2. The maximum Gasteiger partial charge on any atom is 0.290 e. The van der Waals surface area contributed by atoms with Gasteiger partial charge in [-0.1, -0.05) is 30.3 Å². The van der Waals surface area contributed by atoms with Crippen LogP contribution in [0.25, 0.3) is 0 Å². The van der Waals surface area contributed by atoms with E-state index < -0.39 is 26.7 Å². The molecule has 2 aromatic rings. The van der Waals surface area contributed by atoms with E-state index in [9.17, 15) is 23.6 Å². The van der Waals surface area contributed by atoms with E-state index in [1.807, 2.05) is 0 Å². The predicted molar refractivity (Wildman–Crippen MR) is 90.5 cm³/mol. The highest BCUT2D eigenvalue weighted by Crippen LogP contribution is 2.32. The minimum absolute atomic E-state index is 0.210. The van der Waals surface area contributed by atoms with Crippen molar-refractivity contribution in [1.29, 1.82) is 0 Å². The van der Waals surface area contributed by atoms with Crippen molar-refractivity contribution in [1.82, 2.24) is 0 Å². The lowest BCUT2D eigenvalue weighted by Crippen LogP contribution is -2.37. The number of benzene rings is 2. The number of para-hydroxylation sites is 1. The van der Waals surface area contributed by atoms with Crippen LogP contribution in [0.5, 0.6) is 0 Å². The molecule has 0 aliphatic rings. The van der Waals surface area contributed by atoms with Gasteiger partial charge in [-0.05, 0) is 31.5 Å². The first-order valence-electron chi connectivity index (χ1n) is 7.25. The molecule has 0 saturated heterocycles. The van der Waals surface area contributed by atoms with Crippen molar-refractivity contribution in [2.75, 3.05) is 10.8 Å². The van der Waals surface area contributed by atoms with Crippen LogP contribution in [-0.2, 0) is 10.0 Å². The summed E-state index contributed by atoms with van der Waals surface area (Å²) in [5, 5.41) is 21.0. The zero-order chi connectivity index (χ0) is 17.9. The lowest BCUT2D eigenvalue weighted by molar-refractivity contribution is -0.387. The molecule has 0 radical (unpaired) electrons. The Morgan fingerprint density at radius 3 is 2.33 bits per heavy atom. The summed E-state index contributed by atoms with van der Waals surface area (Å²) in [5.74, 6) is 0. The number of nitro groups is 1. The Morgan fingerprint density at radius 2 is 1.79 bits per heavy atom. The number of rotatable bonds is 6. The van der Waals surface area contributed by atoms with Crippen LogP contribution in [0.15, 0.2) is 53.4 Å². The van der Waals surface area contributed by atoms with Crippen molar-refractivity contribution in [2.45, 2.75) is 24.8 Å². The van der Waals surface area contributed by atoms with E-state index in [1.165, 1.54) is 26.0 Å². The minimum atomic E-state index is -4.22. The fourth-order valence-electron chi connectivity index (χ4n) is 2.40. The van der Waals surface area contributed by atoms with Crippen LogP contribution >= 0.6 is 0 Å². The van der Waals surface area contributed by atoms with Gasteiger partial charge in [0.15, 0.2) is 4.90 Å². The van der Waals surface area contributed by atoms with E-state index in [0.717, 1.165) is 10.4 Å². The van der Waals surface area contributed by atoms with Crippen LogP contribution in [0.2, 0.25) is 0 Å². The van der Waals surface area contributed by atoms with Gasteiger partial charge in [0.25, 0.3) is 15.7 Å². The molecule has 2 rings (SSSR count). The number of anilines is 1. The molecule has 1 atom stereocenters. The summed E-state index contributed by atoms with van der Waals surface area (Å²) >= 11 is 0. The number of aliphatic hydroxyl groups excluding tert-OH is 1. The van der Waals surface area contributed by atoms with Gasteiger partial charge in [-0.15, -0.1) is 0 Å². The average Bonchev–Trinajstić information content (AvgIpc) is 2.52. The Morgan fingerprint density at radius 1 is 1.17 bits per heavy atom. The second-order valence-electron chi connectivity index (χ2n) is 5.40. The molecule has 0 aromatic heterocycles. The van der Waals surface area contributed by atoms with Crippen LogP contribution in [0.4, 0.5) is 11.4 Å². The summed E-state index contributed by atoms with van der Waals surface area (Å²) in [5.41, 5.74) is 0.119. The van der Waals surface area contributed by atoms with Crippen molar-refractivity contribution in [3.63, 3.8) is 0 Å². The second-order valence-corrected chi connectivity index (χ2v) is 7.20. The number of hydrogen-bond donors (Lipinski definition) is 1. The molecular weight excluding hydrogens is 332 g/mol. The number of aliphatic hydroxyl groups is 1. The summed E-state index contributed by atoms with van der Waals surface area (Å²) in [6, 6.07) is 12.3. The number of nitro benzene ring substituents is 1. The first-order valence-corrected chi connectivity index (χ1v) is 8.69. The first-order chi connectivity index (χ1) is 11.2. The molecule has 0 aliphatic carbocycles. The Bertz CT molecular complexity index is 835. The van der Waals surface area contributed by atoms with Crippen LogP contribution in [0.1, 0.15) is 12.5 Å². The minimum Gasteiger partial charge on any atom is -0.392 e. The van der Waals surface area contributed by atoms with Crippen LogP contribution in [0.3, 0.4) is 0 Å². The van der Waals surface area contributed by atoms with Gasteiger partial charge in [-0.3, -0.25) is 14.4 Å². The van der Waals surface area contributed by atoms with E-state index in [1.54, 1.807) is 30.3 Å². The largest absolute Gasteiger partial charge is 0.392 e. The van der Waals surface area contributed by atoms with Crippen molar-refractivity contribution in [3.05, 3.63) is 64.2 Å².